The third-order valence-electron chi connectivity index (χ3n) is 3.41. The third-order valence-corrected chi connectivity index (χ3v) is 3.41. The van der Waals surface area contributed by atoms with Crippen molar-refractivity contribution >= 4 is 6.21 Å². The number of aliphatic imine (C=N–C) groups is 1. The molecule has 6 nitrogen and oxygen atoms in total. The van der Waals surface area contributed by atoms with E-state index in [0.29, 0.717) is 17.9 Å². The van der Waals surface area contributed by atoms with Crippen molar-refractivity contribution in [1.82, 2.24) is 20.0 Å². The fourth-order valence-corrected chi connectivity index (χ4v) is 2.40. The average Bonchev–Trinajstić information content (AvgIpc) is 3.17. The Morgan fingerprint density at radius 2 is 1.96 bits per heavy atom. The van der Waals surface area contributed by atoms with Gasteiger partial charge in [-0.1, -0.05) is 12.1 Å². The predicted octanol–water partition coefficient (Wildman–Crippen LogP) is 3.27. The monoisotopic (exact) mass is 349 g/mol. The van der Waals surface area contributed by atoms with Gasteiger partial charge in [-0.15, -0.1) is 13.2 Å². The number of benzene rings is 1. The van der Waals surface area contributed by atoms with Crippen molar-refractivity contribution in [2.75, 3.05) is 7.05 Å². The van der Waals surface area contributed by atoms with E-state index in [0.717, 1.165) is 11.3 Å². The topological polar surface area (TPSA) is 68.1 Å². The van der Waals surface area contributed by atoms with E-state index in [9.17, 15) is 13.2 Å². The van der Waals surface area contributed by atoms with Gasteiger partial charge in [0, 0.05) is 19.8 Å². The second kappa shape index (κ2) is 6.80. The van der Waals surface area contributed by atoms with Crippen molar-refractivity contribution < 1.29 is 17.9 Å². The van der Waals surface area contributed by atoms with E-state index in [4.69, 9.17) is 0 Å². The molecule has 0 bridgehead atoms. The molecule has 0 unspecified atom stereocenters. The lowest BCUT2D eigenvalue weighted by molar-refractivity contribution is -0.274. The summed E-state index contributed by atoms with van der Waals surface area (Å²) in [7, 11) is 1.64. The highest BCUT2D eigenvalue weighted by molar-refractivity contribution is 5.85. The maximum atomic E-state index is 12.2. The number of aromatic amines is 1. The van der Waals surface area contributed by atoms with Crippen LogP contribution in [0.5, 0.6) is 5.75 Å². The van der Waals surface area contributed by atoms with Crippen LogP contribution in [0.15, 0.2) is 47.6 Å². The molecule has 0 radical (unpaired) electrons. The Balaban J connectivity index is 1.81. The van der Waals surface area contributed by atoms with Crippen LogP contribution in [0.4, 0.5) is 13.2 Å². The molecule has 2 heterocycles. The SMILES string of the molecule is CN=Cc1n[nH]nc1-c1cccn1Cc1ccc(OC(F)(F)F)cc1. The van der Waals surface area contributed by atoms with Crippen LogP contribution in [0.2, 0.25) is 0 Å². The molecule has 0 atom stereocenters. The summed E-state index contributed by atoms with van der Waals surface area (Å²) in [5.41, 5.74) is 2.89. The molecule has 2 aromatic heterocycles. The number of hydrogen-bond acceptors (Lipinski definition) is 4. The molecule has 0 fully saturated rings. The van der Waals surface area contributed by atoms with Gasteiger partial charge in [0.25, 0.3) is 0 Å². The van der Waals surface area contributed by atoms with Crippen LogP contribution in [-0.2, 0) is 6.54 Å². The molecule has 9 heteroatoms. The lowest BCUT2D eigenvalue weighted by Crippen LogP contribution is -2.17. The highest BCUT2D eigenvalue weighted by Crippen LogP contribution is 2.24. The number of nitrogens with one attached hydrogen (secondary N) is 1. The van der Waals surface area contributed by atoms with Gasteiger partial charge in [-0.05, 0) is 29.8 Å². The zero-order valence-electron chi connectivity index (χ0n) is 13.2. The standard InChI is InChI=1S/C16H14F3N5O/c1-20-9-13-15(22-23-21-13)14-3-2-8-24(14)10-11-4-6-12(7-5-11)25-16(17,18)19/h2-9H,10H2,1H3,(H,21,22,23). The highest BCUT2D eigenvalue weighted by atomic mass is 19.4. The van der Waals surface area contributed by atoms with Crippen LogP contribution in [0, 0.1) is 0 Å². The van der Waals surface area contributed by atoms with E-state index >= 15 is 0 Å². The first-order valence-corrected chi connectivity index (χ1v) is 7.29. The van der Waals surface area contributed by atoms with Crippen molar-refractivity contribution in [3.63, 3.8) is 0 Å². The van der Waals surface area contributed by atoms with Crippen molar-refractivity contribution in [2.45, 2.75) is 12.9 Å². The molecule has 0 amide bonds. The Morgan fingerprint density at radius 3 is 2.64 bits per heavy atom. The second-order valence-electron chi connectivity index (χ2n) is 5.16. The molecule has 1 aromatic carbocycles. The second-order valence-corrected chi connectivity index (χ2v) is 5.16. The molecule has 0 aliphatic heterocycles. The third kappa shape index (κ3) is 4.06. The Hall–Kier alpha value is -3.10. The van der Waals surface area contributed by atoms with E-state index in [2.05, 4.69) is 25.1 Å². The van der Waals surface area contributed by atoms with Crippen LogP contribution in [0.1, 0.15) is 11.3 Å². The van der Waals surface area contributed by atoms with Crippen molar-refractivity contribution in [2.24, 2.45) is 4.99 Å². The number of hydrogen-bond donors (Lipinski definition) is 1. The quantitative estimate of drug-likeness (QED) is 0.719. The van der Waals surface area contributed by atoms with E-state index in [-0.39, 0.29) is 5.75 Å². The number of ether oxygens (including phenoxy) is 1. The summed E-state index contributed by atoms with van der Waals surface area (Å²) in [5.74, 6) is -0.248. The van der Waals surface area contributed by atoms with Crippen molar-refractivity contribution in [3.8, 4) is 17.1 Å². The van der Waals surface area contributed by atoms with E-state index in [1.54, 1.807) is 25.4 Å². The smallest absolute Gasteiger partial charge is 0.406 e. The van der Waals surface area contributed by atoms with E-state index < -0.39 is 6.36 Å². The van der Waals surface area contributed by atoms with Gasteiger partial charge in [-0.3, -0.25) is 4.99 Å². The Morgan fingerprint density at radius 1 is 1.20 bits per heavy atom. The molecule has 3 aromatic rings. The minimum atomic E-state index is -4.70. The number of aromatic nitrogens is 4. The van der Waals surface area contributed by atoms with Gasteiger partial charge in [0.05, 0.1) is 11.9 Å². The molecule has 0 spiro atoms. The van der Waals surface area contributed by atoms with Gasteiger partial charge in [-0.25, -0.2) is 0 Å². The van der Waals surface area contributed by atoms with Crippen LogP contribution >= 0.6 is 0 Å². The molecule has 0 saturated carbocycles. The molecule has 130 valence electrons. The minimum absolute atomic E-state index is 0.248. The Bertz CT molecular complexity index is 865. The molecule has 0 aliphatic carbocycles. The van der Waals surface area contributed by atoms with Crippen LogP contribution in [0.25, 0.3) is 11.4 Å². The molecular formula is C16H14F3N5O. The molecule has 0 aliphatic rings. The zero-order valence-corrected chi connectivity index (χ0v) is 13.2. The summed E-state index contributed by atoms with van der Waals surface area (Å²) >= 11 is 0. The molecule has 3 rings (SSSR count). The van der Waals surface area contributed by atoms with E-state index in [1.807, 2.05) is 22.9 Å². The van der Waals surface area contributed by atoms with Gasteiger partial charge >= 0.3 is 6.36 Å². The maximum Gasteiger partial charge on any atom is 0.573 e. The summed E-state index contributed by atoms with van der Waals surface area (Å²) in [6.45, 7) is 0.462. The predicted molar refractivity (Wildman–Crippen MR) is 85.6 cm³/mol. The van der Waals surface area contributed by atoms with E-state index in [1.165, 1.54) is 12.1 Å². The largest absolute Gasteiger partial charge is 0.573 e. The minimum Gasteiger partial charge on any atom is -0.406 e. The van der Waals surface area contributed by atoms with Crippen LogP contribution in [0.3, 0.4) is 0 Å². The average molecular weight is 349 g/mol. The van der Waals surface area contributed by atoms with Crippen LogP contribution in [-0.4, -0.2) is 39.6 Å². The first-order valence-electron chi connectivity index (χ1n) is 7.29. The first kappa shape index (κ1) is 16.7. The summed E-state index contributed by atoms with van der Waals surface area (Å²) in [6.07, 6.45) is -1.24. The molecular weight excluding hydrogens is 335 g/mol. The summed E-state index contributed by atoms with van der Waals surface area (Å²) in [5, 5.41) is 10.7. The summed E-state index contributed by atoms with van der Waals surface area (Å²) in [4.78, 5) is 3.94. The van der Waals surface area contributed by atoms with Gasteiger partial charge < -0.3 is 9.30 Å². The lowest BCUT2D eigenvalue weighted by atomic mass is 10.2. The lowest BCUT2D eigenvalue weighted by Gasteiger charge is -2.11. The highest BCUT2D eigenvalue weighted by Gasteiger charge is 2.30. The fourth-order valence-electron chi connectivity index (χ4n) is 2.40. The molecule has 25 heavy (non-hydrogen) atoms. The summed E-state index contributed by atoms with van der Waals surface area (Å²) in [6, 6.07) is 9.49. The molecule has 1 N–H and O–H groups in total. The number of alkyl halides is 3. The zero-order chi connectivity index (χ0) is 17.9. The Labute approximate surface area is 141 Å². The van der Waals surface area contributed by atoms with Crippen molar-refractivity contribution in [3.05, 3.63) is 53.9 Å². The van der Waals surface area contributed by atoms with Crippen molar-refractivity contribution in [1.29, 1.82) is 0 Å². The first-order chi connectivity index (χ1) is 12.0. The summed E-state index contributed by atoms with van der Waals surface area (Å²) < 4.78 is 42.4. The van der Waals surface area contributed by atoms with Crippen LogP contribution < -0.4 is 4.74 Å². The van der Waals surface area contributed by atoms with Gasteiger partial charge in [0.2, 0.25) is 0 Å². The molecule has 0 saturated heterocycles. The Kier molecular flexibility index (Phi) is 4.55. The van der Waals surface area contributed by atoms with Gasteiger partial charge in [0.1, 0.15) is 17.1 Å². The normalized spacial score (nSPS) is 12.0. The number of H-pyrrole nitrogens is 1. The maximum absolute atomic E-state index is 12.2. The van der Waals surface area contributed by atoms with Gasteiger partial charge in [0.15, 0.2) is 0 Å². The van der Waals surface area contributed by atoms with Gasteiger partial charge in [-0.2, -0.15) is 15.4 Å². The number of halogens is 3. The number of nitrogens with zero attached hydrogens (tertiary/aromatic N) is 4. The number of rotatable bonds is 5. The fraction of sp³-hybridized carbons (Fsp3) is 0.188.